The second-order valence-corrected chi connectivity index (χ2v) is 5.17. The van der Waals surface area contributed by atoms with Gasteiger partial charge in [-0.05, 0) is 26.2 Å². The second-order valence-electron chi connectivity index (χ2n) is 5.17. The first-order chi connectivity index (χ1) is 10.7. The molecule has 1 aromatic rings. The van der Waals surface area contributed by atoms with Gasteiger partial charge < -0.3 is 14.6 Å². The molecule has 7 nitrogen and oxygen atoms in total. The van der Waals surface area contributed by atoms with Gasteiger partial charge >= 0.3 is 18.2 Å². The molecular weight excluding hydrogens is 321 g/mol. The van der Waals surface area contributed by atoms with Gasteiger partial charge in [0.15, 0.2) is 0 Å². The molecule has 0 radical (unpaired) electrons. The molecular formula is C13H15F3N2O5. The number of carbonyl (C=O) groups excluding carboxylic acids is 1. The summed E-state index contributed by atoms with van der Waals surface area (Å²) < 4.78 is 48.7. The standard InChI is InChI=1S/C13H15F3N2O5/c1-2-22-10(19)8-7-18(11(20)21)17-9(8)23-6-5-12(3-4-12)13(14,15)16/h7H,2-6H2,1H3,(H,20,21). The molecule has 23 heavy (non-hydrogen) atoms. The van der Waals surface area contributed by atoms with E-state index in [1.807, 2.05) is 0 Å². The third-order valence-electron chi connectivity index (χ3n) is 3.65. The lowest BCUT2D eigenvalue weighted by molar-refractivity contribution is -0.190. The number of hydrogen-bond acceptors (Lipinski definition) is 5. The summed E-state index contributed by atoms with van der Waals surface area (Å²) in [4.78, 5) is 22.6. The Balaban J connectivity index is 2.07. The van der Waals surface area contributed by atoms with Gasteiger partial charge in [0.2, 0.25) is 5.88 Å². The minimum Gasteiger partial charge on any atom is -0.476 e. The van der Waals surface area contributed by atoms with Crippen molar-refractivity contribution in [1.82, 2.24) is 9.78 Å². The SMILES string of the molecule is CCOC(=O)c1cn(C(=O)O)nc1OCCC1(C(F)(F)F)CC1. The Morgan fingerprint density at radius 1 is 1.43 bits per heavy atom. The summed E-state index contributed by atoms with van der Waals surface area (Å²) in [6, 6.07) is 0. The van der Waals surface area contributed by atoms with E-state index in [0.717, 1.165) is 6.20 Å². The predicted molar refractivity (Wildman–Crippen MR) is 69.4 cm³/mol. The van der Waals surface area contributed by atoms with Gasteiger partial charge in [-0.3, -0.25) is 0 Å². The number of carbonyl (C=O) groups is 2. The Labute approximate surface area is 129 Å². The minimum atomic E-state index is -4.30. The first-order valence-corrected chi connectivity index (χ1v) is 6.90. The lowest BCUT2D eigenvalue weighted by atomic mass is 10.0. The van der Waals surface area contributed by atoms with Crippen LogP contribution >= 0.6 is 0 Å². The predicted octanol–water partition coefficient (Wildman–Crippen LogP) is 2.70. The highest BCUT2D eigenvalue weighted by atomic mass is 19.4. The van der Waals surface area contributed by atoms with Crippen LogP contribution in [0.5, 0.6) is 5.88 Å². The number of rotatable bonds is 6. The molecule has 0 amide bonds. The van der Waals surface area contributed by atoms with Crippen LogP contribution in [0.3, 0.4) is 0 Å². The molecule has 1 aromatic heterocycles. The zero-order chi connectivity index (χ0) is 17.3. The quantitative estimate of drug-likeness (QED) is 0.803. The van der Waals surface area contributed by atoms with E-state index in [9.17, 15) is 22.8 Å². The van der Waals surface area contributed by atoms with Crippen LogP contribution in [0.25, 0.3) is 0 Å². The van der Waals surface area contributed by atoms with Crippen molar-refractivity contribution in [1.29, 1.82) is 0 Å². The van der Waals surface area contributed by atoms with Crippen molar-refractivity contribution in [3.8, 4) is 5.88 Å². The molecule has 0 spiro atoms. The number of alkyl halides is 3. The Bertz CT molecular complexity index is 607. The normalized spacial score (nSPS) is 16.0. The van der Waals surface area contributed by atoms with Crippen molar-refractivity contribution in [2.75, 3.05) is 13.2 Å². The summed E-state index contributed by atoms with van der Waals surface area (Å²) in [6.07, 6.45) is -5.08. The van der Waals surface area contributed by atoms with Crippen LogP contribution in [0, 0.1) is 5.41 Å². The molecule has 10 heteroatoms. The fourth-order valence-electron chi connectivity index (χ4n) is 2.08. The fourth-order valence-corrected chi connectivity index (χ4v) is 2.08. The Morgan fingerprint density at radius 3 is 2.57 bits per heavy atom. The topological polar surface area (TPSA) is 90.7 Å². The summed E-state index contributed by atoms with van der Waals surface area (Å²) in [6.45, 7) is 1.27. The maximum atomic E-state index is 12.8. The number of hydrogen-bond donors (Lipinski definition) is 1. The van der Waals surface area contributed by atoms with Gasteiger partial charge in [-0.25, -0.2) is 9.59 Å². The number of ether oxygens (including phenoxy) is 2. The average molecular weight is 336 g/mol. The number of carboxylic acid groups (broad SMARTS) is 1. The van der Waals surface area contributed by atoms with Gasteiger partial charge in [-0.2, -0.15) is 17.9 Å². The van der Waals surface area contributed by atoms with Gasteiger partial charge in [0.25, 0.3) is 0 Å². The minimum absolute atomic E-state index is 0.0359. The van der Waals surface area contributed by atoms with E-state index in [0.29, 0.717) is 4.68 Å². The average Bonchev–Trinajstić information content (AvgIpc) is 3.11. The smallest absolute Gasteiger partial charge is 0.432 e. The first kappa shape index (κ1) is 17.1. The summed E-state index contributed by atoms with van der Waals surface area (Å²) >= 11 is 0. The maximum absolute atomic E-state index is 12.8. The Hall–Kier alpha value is -2.26. The van der Waals surface area contributed by atoms with Crippen LogP contribution in [-0.4, -0.2) is 46.3 Å². The molecule has 1 aliphatic carbocycles. The molecule has 0 bridgehead atoms. The lowest BCUT2D eigenvalue weighted by Crippen LogP contribution is -2.26. The third-order valence-corrected chi connectivity index (χ3v) is 3.65. The van der Waals surface area contributed by atoms with E-state index >= 15 is 0 Å². The van der Waals surface area contributed by atoms with Gasteiger partial charge in [0.1, 0.15) is 5.56 Å². The number of esters is 1. The monoisotopic (exact) mass is 336 g/mol. The lowest BCUT2D eigenvalue weighted by Gasteiger charge is -2.18. The van der Waals surface area contributed by atoms with Gasteiger partial charge in [0, 0.05) is 0 Å². The van der Waals surface area contributed by atoms with E-state index in [1.54, 1.807) is 6.92 Å². The van der Waals surface area contributed by atoms with Crippen molar-refractivity contribution < 1.29 is 37.3 Å². The summed E-state index contributed by atoms with van der Waals surface area (Å²) in [7, 11) is 0. The third kappa shape index (κ3) is 3.57. The van der Waals surface area contributed by atoms with Crippen LogP contribution in [0.1, 0.15) is 36.5 Å². The Kier molecular flexibility index (Phi) is 4.53. The molecule has 1 saturated carbocycles. The second kappa shape index (κ2) is 6.09. The number of aromatic nitrogens is 2. The van der Waals surface area contributed by atoms with Gasteiger partial charge in [-0.1, -0.05) is 0 Å². The van der Waals surface area contributed by atoms with Crippen molar-refractivity contribution >= 4 is 12.1 Å². The summed E-state index contributed by atoms with van der Waals surface area (Å²) in [5.74, 6) is -1.21. The molecule has 1 fully saturated rings. The molecule has 0 atom stereocenters. The molecule has 1 heterocycles. The molecule has 0 unspecified atom stereocenters. The van der Waals surface area contributed by atoms with Crippen LogP contribution in [-0.2, 0) is 4.74 Å². The van der Waals surface area contributed by atoms with E-state index in [-0.39, 0.29) is 43.9 Å². The van der Waals surface area contributed by atoms with E-state index in [4.69, 9.17) is 14.6 Å². The Morgan fingerprint density at radius 2 is 2.09 bits per heavy atom. The highest BCUT2D eigenvalue weighted by Crippen LogP contribution is 2.59. The highest BCUT2D eigenvalue weighted by Gasteiger charge is 2.62. The molecule has 2 rings (SSSR count). The zero-order valence-electron chi connectivity index (χ0n) is 12.2. The molecule has 0 saturated heterocycles. The first-order valence-electron chi connectivity index (χ1n) is 6.90. The molecule has 0 aliphatic heterocycles. The molecule has 0 aromatic carbocycles. The van der Waals surface area contributed by atoms with Crippen molar-refractivity contribution in [2.24, 2.45) is 5.41 Å². The molecule has 128 valence electrons. The van der Waals surface area contributed by atoms with E-state index in [2.05, 4.69) is 5.10 Å². The van der Waals surface area contributed by atoms with E-state index < -0.39 is 23.7 Å². The largest absolute Gasteiger partial charge is 0.476 e. The fraction of sp³-hybridized carbons (Fsp3) is 0.615. The molecule has 1 aliphatic rings. The van der Waals surface area contributed by atoms with Gasteiger partial charge in [-0.15, -0.1) is 5.10 Å². The van der Waals surface area contributed by atoms with Crippen molar-refractivity contribution in [3.05, 3.63) is 11.8 Å². The summed E-state index contributed by atoms with van der Waals surface area (Å²) in [5, 5.41) is 12.4. The number of halogens is 3. The van der Waals surface area contributed by atoms with Crippen LogP contribution in [0.2, 0.25) is 0 Å². The number of nitrogens with zero attached hydrogens (tertiary/aromatic N) is 2. The van der Waals surface area contributed by atoms with Crippen LogP contribution in [0.4, 0.5) is 18.0 Å². The van der Waals surface area contributed by atoms with Crippen LogP contribution < -0.4 is 4.74 Å². The maximum Gasteiger partial charge on any atom is 0.432 e. The van der Waals surface area contributed by atoms with Crippen LogP contribution in [0.15, 0.2) is 6.20 Å². The van der Waals surface area contributed by atoms with Gasteiger partial charge in [0.05, 0.1) is 24.8 Å². The zero-order valence-corrected chi connectivity index (χ0v) is 12.2. The van der Waals surface area contributed by atoms with Crippen molar-refractivity contribution in [2.45, 2.75) is 32.4 Å². The van der Waals surface area contributed by atoms with E-state index in [1.165, 1.54) is 0 Å². The van der Waals surface area contributed by atoms with Crippen molar-refractivity contribution in [3.63, 3.8) is 0 Å². The highest BCUT2D eigenvalue weighted by molar-refractivity contribution is 5.92. The molecule has 1 N–H and O–H groups in total. The summed E-state index contributed by atoms with van der Waals surface area (Å²) in [5.41, 5.74) is -1.99.